The first-order chi connectivity index (χ1) is 10.2. The Hall–Kier alpha value is -1.57. The molecule has 0 aromatic heterocycles. The van der Waals surface area contributed by atoms with Crippen molar-refractivity contribution in [3.63, 3.8) is 0 Å². The van der Waals surface area contributed by atoms with E-state index in [9.17, 15) is 5.11 Å². The summed E-state index contributed by atoms with van der Waals surface area (Å²) >= 11 is 0. The quantitative estimate of drug-likeness (QED) is 0.798. The van der Waals surface area contributed by atoms with E-state index in [0.29, 0.717) is 17.9 Å². The normalized spacial score (nSPS) is 16.3. The van der Waals surface area contributed by atoms with E-state index in [1.165, 1.54) is 19.3 Å². The van der Waals surface area contributed by atoms with Crippen LogP contribution >= 0.6 is 0 Å². The van der Waals surface area contributed by atoms with E-state index in [1.807, 2.05) is 6.07 Å². The summed E-state index contributed by atoms with van der Waals surface area (Å²) in [6, 6.07) is 9.21. The summed E-state index contributed by atoms with van der Waals surface area (Å²) in [7, 11) is 0. The zero-order valence-electron chi connectivity index (χ0n) is 12.7. The van der Waals surface area contributed by atoms with Crippen molar-refractivity contribution in [1.82, 2.24) is 4.90 Å². The highest BCUT2D eigenvalue weighted by molar-refractivity contribution is 5.42. The van der Waals surface area contributed by atoms with Crippen LogP contribution in [0.15, 0.2) is 24.3 Å². The monoisotopic (exact) mass is 288 g/mol. The topological polar surface area (TPSA) is 56.5 Å². The van der Waals surface area contributed by atoms with Crippen LogP contribution in [-0.2, 0) is 0 Å². The first-order valence-electron chi connectivity index (χ1n) is 7.75. The zero-order valence-corrected chi connectivity index (χ0v) is 12.7. The minimum atomic E-state index is -0.531. The fourth-order valence-electron chi connectivity index (χ4n) is 2.59. The average Bonchev–Trinajstić information content (AvgIpc) is 2.47. The molecular weight excluding hydrogens is 264 g/mol. The molecule has 114 valence electrons. The third-order valence-electron chi connectivity index (χ3n) is 4.10. The Morgan fingerprint density at radius 2 is 2.19 bits per heavy atom. The predicted octanol–water partition coefficient (Wildman–Crippen LogP) is 2.42. The van der Waals surface area contributed by atoms with Crippen molar-refractivity contribution < 1.29 is 9.84 Å². The largest absolute Gasteiger partial charge is 0.489 e. The number of likely N-dealkylation sites (N-methyl/N-ethyl adjacent to an activating group) is 1. The van der Waals surface area contributed by atoms with Crippen molar-refractivity contribution in [3.8, 4) is 11.8 Å². The van der Waals surface area contributed by atoms with Crippen LogP contribution in [0.2, 0.25) is 0 Å². The summed E-state index contributed by atoms with van der Waals surface area (Å²) in [6.07, 6.45) is 3.45. The molecule has 1 fully saturated rings. The summed E-state index contributed by atoms with van der Waals surface area (Å²) in [5.74, 6) is 1.35. The van der Waals surface area contributed by atoms with E-state index in [2.05, 4.69) is 17.9 Å². The lowest BCUT2D eigenvalue weighted by atomic mass is 9.85. The zero-order chi connectivity index (χ0) is 15.1. The lowest BCUT2D eigenvalue weighted by molar-refractivity contribution is 0.0584. The fraction of sp³-hybridized carbons (Fsp3) is 0.588. The molecule has 1 unspecified atom stereocenters. The van der Waals surface area contributed by atoms with Gasteiger partial charge >= 0.3 is 0 Å². The van der Waals surface area contributed by atoms with Gasteiger partial charge in [-0.15, -0.1) is 0 Å². The van der Waals surface area contributed by atoms with Crippen LogP contribution in [0, 0.1) is 17.2 Å². The van der Waals surface area contributed by atoms with Crippen LogP contribution in [-0.4, -0.2) is 42.4 Å². The molecule has 4 heteroatoms. The first-order valence-corrected chi connectivity index (χ1v) is 7.75. The molecule has 0 spiro atoms. The second-order valence-electron chi connectivity index (χ2n) is 5.72. The van der Waals surface area contributed by atoms with Crippen LogP contribution in [0.25, 0.3) is 0 Å². The van der Waals surface area contributed by atoms with Crippen LogP contribution in [0.4, 0.5) is 0 Å². The van der Waals surface area contributed by atoms with Gasteiger partial charge in [-0.3, -0.25) is 0 Å². The number of ether oxygens (including phenoxy) is 1. The molecule has 0 aliphatic heterocycles. The van der Waals surface area contributed by atoms with Crippen LogP contribution in [0.5, 0.6) is 5.75 Å². The number of rotatable bonds is 8. The van der Waals surface area contributed by atoms with E-state index in [0.717, 1.165) is 19.0 Å². The second kappa shape index (κ2) is 8.02. The number of nitriles is 1. The number of para-hydroxylation sites is 1. The molecule has 1 aromatic rings. The van der Waals surface area contributed by atoms with E-state index in [-0.39, 0.29) is 6.61 Å². The van der Waals surface area contributed by atoms with E-state index in [1.54, 1.807) is 18.2 Å². The minimum Gasteiger partial charge on any atom is -0.489 e. The molecule has 1 atom stereocenters. The fourth-order valence-corrected chi connectivity index (χ4v) is 2.59. The highest BCUT2D eigenvalue weighted by Gasteiger charge is 2.21. The maximum Gasteiger partial charge on any atom is 0.137 e. The maximum atomic E-state index is 10.1. The van der Waals surface area contributed by atoms with Crippen molar-refractivity contribution in [3.05, 3.63) is 29.8 Å². The molecule has 4 nitrogen and oxygen atoms in total. The number of hydrogen-bond donors (Lipinski definition) is 1. The van der Waals surface area contributed by atoms with Crippen LogP contribution in [0.1, 0.15) is 31.7 Å². The Kier molecular flexibility index (Phi) is 6.04. The smallest absolute Gasteiger partial charge is 0.137 e. The van der Waals surface area contributed by atoms with E-state index in [4.69, 9.17) is 10.00 Å². The Morgan fingerprint density at radius 3 is 2.81 bits per heavy atom. The number of aliphatic hydroxyl groups excluding tert-OH is 1. The van der Waals surface area contributed by atoms with Gasteiger partial charge in [0, 0.05) is 13.1 Å². The first kappa shape index (κ1) is 15.8. The number of benzene rings is 1. The van der Waals surface area contributed by atoms with Gasteiger partial charge in [0.1, 0.15) is 24.5 Å². The maximum absolute atomic E-state index is 10.1. The van der Waals surface area contributed by atoms with E-state index >= 15 is 0 Å². The highest BCUT2D eigenvalue weighted by Crippen LogP contribution is 2.27. The highest BCUT2D eigenvalue weighted by atomic mass is 16.5. The van der Waals surface area contributed by atoms with Gasteiger partial charge in [0.2, 0.25) is 0 Å². The molecule has 1 saturated carbocycles. The van der Waals surface area contributed by atoms with Gasteiger partial charge in [0.15, 0.2) is 0 Å². The van der Waals surface area contributed by atoms with Gasteiger partial charge in [-0.25, -0.2) is 0 Å². The predicted molar refractivity (Wildman–Crippen MR) is 82.1 cm³/mol. The second-order valence-corrected chi connectivity index (χ2v) is 5.72. The summed E-state index contributed by atoms with van der Waals surface area (Å²) in [6.45, 7) is 4.99. The number of nitrogens with zero attached hydrogens (tertiary/aromatic N) is 2. The van der Waals surface area contributed by atoms with E-state index < -0.39 is 6.10 Å². The molecule has 0 radical (unpaired) electrons. The Bertz CT molecular complexity index is 480. The molecule has 0 bridgehead atoms. The van der Waals surface area contributed by atoms with Crippen molar-refractivity contribution in [2.75, 3.05) is 26.2 Å². The molecule has 1 N–H and O–H groups in total. The Labute approximate surface area is 127 Å². The van der Waals surface area contributed by atoms with Gasteiger partial charge in [0.25, 0.3) is 0 Å². The van der Waals surface area contributed by atoms with Gasteiger partial charge in [0.05, 0.1) is 5.56 Å². The number of aliphatic hydroxyl groups is 1. The average molecular weight is 288 g/mol. The van der Waals surface area contributed by atoms with Crippen molar-refractivity contribution >= 4 is 0 Å². The third-order valence-corrected chi connectivity index (χ3v) is 4.10. The van der Waals surface area contributed by atoms with Crippen LogP contribution in [0.3, 0.4) is 0 Å². The Balaban J connectivity index is 1.77. The summed E-state index contributed by atoms with van der Waals surface area (Å²) in [5.41, 5.74) is 0.506. The van der Waals surface area contributed by atoms with Gasteiger partial charge in [-0.1, -0.05) is 25.5 Å². The molecule has 0 heterocycles. The molecular formula is C17H24N2O2. The van der Waals surface area contributed by atoms with Crippen molar-refractivity contribution in [2.45, 2.75) is 32.3 Å². The Morgan fingerprint density at radius 1 is 1.43 bits per heavy atom. The third kappa shape index (κ3) is 4.73. The van der Waals surface area contributed by atoms with Crippen molar-refractivity contribution in [2.24, 2.45) is 5.92 Å². The van der Waals surface area contributed by atoms with Gasteiger partial charge < -0.3 is 14.7 Å². The van der Waals surface area contributed by atoms with Gasteiger partial charge in [-0.2, -0.15) is 5.26 Å². The molecule has 1 aliphatic rings. The molecule has 1 aliphatic carbocycles. The van der Waals surface area contributed by atoms with Gasteiger partial charge in [-0.05, 0) is 37.4 Å². The van der Waals surface area contributed by atoms with Crippen LogP contribution < -0.4 is 4.74 Å². The SMILES string of the molecule is CCN(CC(O)COc1ccccc1C#N)CC1CCC1. The lowest BCUT2D eigenvalue weighted by Gasteiger charge is -2.32. The summed E-state index contributed by atoms with van der Waals surface area (Å²) in [4.78, 5) is 2.29. The molecule has 21 heavy (non-hydrogen) atoms. The number of hydrogen-bond acceptors (Lipinski definition) is 4. The lowest BCUT2D eigenvalue weighted by Crippen LogP contribution is -2.39. The van der Waals surface area contributed by atoms with Crippen molar-refractivity contribution in [1.29, 1.82) is 5.26 Å². The summed E-state index contributed by atoms with van der Waals surface area (Å²) in [5, 5.41) is 19.1. The molecule has 0 saturated heterocycles. The standard InChI is InChI=1S/C17H24N2O2/c1-2-19(11-14-6-5-7-14)12-16(20)13-21-17-9-4-3-8-15(17)10-18/h3-4,8-9,14,16,20H,2,5-7,11-13H2,1H3. The molecule has 0 amide bonds. The molecule has 1 aromatic carbocycles. The minimum absolute atomic E-state index is 0.222. The molecule has 2 rings (SSSR count). The summed E-state index contributed by atoms with van der Waals surface area (Å²) < 4.78 is 5.58.